The Morgan fingerprint density at radius 1 is 0.889 bits per heavy atom. The molecule has 0 atom stereocenters. The third kappa shape index (κ3) is 11.6. The Morgan fingerprint density at radius 3 is 2.29 bits per heavy atom. The molecule has 2 saturated heterocycles. The van der Waals surface area contributed by atoms with Crippen molar-refractivity contribution in [2.24, 2.45) is 5.92 Å². The van der Waals surface area contributed by atoms with Gasteiger partial charge in [0.05, 0.1) is 15.4 Å². The highest BCUT2D eigenvalue weighted by Gasteiger charge is 2.27. The van der Waals surface area contributed by atoms with Crippen molar-refractivity contribution in [1.82, 2.24) is 14.5 Å². The number of nitrogens with one attached hydrogen (secondary N) is 2. The van der Waals surface area contributed by atoms with Gasteiger partial charge < -0.3 is 29.3 Å². The van der Waals surface area contributed by atoms with Gasteiger partial charge in [0.1, 0.15) is 22.9 Å². The lowest BCUT2D eigenvalue weighted by Gasteiger charge is -2.36. The molecule has 330 valence electrons. The second-order valence-corrected chi connectivity index (χ2v) is 17.7. The monoisotopic (exact) mass is 896 g/mol. The van der Waals surface area contributed by atoms with Gasteiger partial charge in [-0.25, -0.2) is 13.1 Å². The van der Waals surface area contributed by atoms with Gasteiger partial charge in [-0.15, -0.1) is 0 Å². The number of nitrogens with zero attached hydrogens (tertiary/aromatic N) is 4. The van der Waals surface area contributed by atoms with Crippen LogP contribution in [0.15, 0.2) is 114 Å². The number of piperazine rings is 1. The summed E-state index contributed by atoms with van der Waals surface area (Å²) in [6.45, 7) is 5.11. The molecule has 0 bridgehead atoms. The number of sulfonamides is 1. The molecular formula is C46H49ClN6O9S. The number of anilines is 2. The second kappa shape index (κ2) is 20.3. The first-order valence-corrected chi connectivity index (χ1v) is 22.4. The van der Waals surface area contributed by atoms with E-state index < -0.39 is 31.4 Å². The fourth-order valence-corrected chi connectivity index (χ4v) is 8.49. The van der Waals surface area contributed by atoms with Crippen molar-refractivity contribution in [3.8, 4) is 28.4 Å². The van der Waals surface area contributed by atoms with Gasteiger partial charge in [-0.3, -0.25) is 24.6 Å². The van der Waals surface area contributed by atoms with Crippen LogP contribution in [0.25, 0.3) is 11.1 Å². The van der Waals surface area contributed by atoms with E-state index in [1.165, 1.54) is 28.7 Å². The van der Waals surface area contributed by atoms with Crippen LogP contribution in [0.3, 0.4) is 0 Å². The van der Waals surface area contributed by atoms with E-state index in [2.05, 4.69) is 32.0 Å². The smallest absolute Gasteiger partial charge is 0.293 e. The second-order valence-electron chi connectivity index (χ2n) is 15.6. The average Bonchev–Trinajstić information content (AvgIpc) is 3.28. The maximum Gasteiger partial charge on any atom is 0.293 e. The molecule has 2 aliphatic rings. The molecule has 15 nitrogen and oxygen atoms in total. The average molecular weight is 897 g/mol. The van der Waals surface area contributed by atoms with E-state index in [0.717, 1.165) is 55.4 Å². The lowest BCUT2D eigenvalue weighted by atomic mass is 9.99. The Balaban J connectivity index is 1.09. The lowest BCUT2D eigenvalue weighted by Crippen LogP contribution is -2.46. The molecule has 0 unspecified atom stereocenters. The summed E-state index contributed by atoms with van der Waals surface area (Å²) >= 11 is 6.16. The number of halogens is 1. The van der Waals surface area contributed by atoms with E-state index in [1.54, 1.807) is 50.5 Å². The molecule has 0 aromatic heterocycles. The summed E-state index contributed by atoms with van der Waals surface area (Å²) in [6.07, 6.45) is 1.62. The number of benzene rings is 5. The van der Waals surface area contributed by atoms with Gasteiger partial charge in [0.25, 0.3) is 27.5 Å². The number of hydrogen-bond acceptors (Lipinski definition) is 12. The van der Waals surface area contributed by atoms with Gasteiger partial charge in [-0.05, 0) is 96.1 Å². The number of nitro groups is 1. The highest BCUT2D eigenvalue weighted by atomic mass is 35.5. The highest BCUT2D eigenvalue weighted by Crippen LogP contribution is 2.34. The molecule has 2 fully saturated rings. The van der Waals surface area contributed by atoms with Crippen molar-refractivity contribution in [2.45, 2.75) is 24.3 Å². The van der Waals surface area contributed by atoms with E-state index in [-0.39, 0.29) is 35.4 Å². The molecule has 17 heteroatoms. The molecule has 0 spiro atoms. The largest absolute Gasteiger partial charge is 0.484 e. The molecule has 2 aliphatic heterocycles. The number of likely N-dealkylation sites (N-methyl/N-ethyl adjacent to an activating group) is 1. The van der Waals surface area contributed by atoms with E-state index in [9.17, 15) is 28.1 Å². The molecule has 0 aliphatic carbocycles. The number of hydrogen-bond donors (Lipinski definition) is 2. The predicted molar refractivity (Wildman–Crippen MR) is 241 cm³/mol. The van der Waals surface area contributed by atoms with Gasteiger partial charge in [0.15, 0.2) is 6.61 Å². The summed E-state index contributed by atoms with van der Waals surface area (Å²) < 4.78 is 46.7. The van der Waals surface area contributed by atoms with Crippen LogP contribution in [-0.4, -0.2) is 102 Å². The standard InChI is InChI=1S/C46H49ClN6O9S/c1-50(2)45(54)31-61-37-12-14-38(15-13-37)62-44-27-36(52-23-21-51(22-24-52)30-34-5-3-4-6-40(34)33-7-9-35(47)10-8-33)11-17-41(44)46(55)49-63(58,59)39-16-18-42(43(28-39)53(56)57)48-29-32-19-25-60-26-20-32/h3-18,27-28,32,48H,19-26,29-31H2,1-2H3,(H,49,55). The number of rotatable bonds is 16. The van der Waals surface area contributed by atoms with Gasteiger partial charge in [-0.2, -0.15) is 0 Å². The van der Waals surface area contributed by atoms with E-state index in [4.69, 9.17) is 25.8 Å². The number of ether oxygens (including phenoxy) is 3. The van der Waals surface area contributed by atoms with Crippen LogP contribution in [0.2, 0.25) is 5.02 Å². The molecule has 5 aromatic carbocycles. The van der Waals surface area contributed by atoms with Crippen LogP contribution >= 0.6 is 11.6 Å². The van der Waals surface area contributed by atoms with Crippen molar-refractivity contribution < 1.29 is 37.1 Å². The number of carbonyl (C=O) groups excluding carboxylic acids is 2. The van der Waals surface area contributed by atoms with Gasteiger partial charge in [0, 0.05) is 89.4 Å². The summed E-state index contributed by atoms with van der Waals surface area (Å²) in [4.78, 5) is 42.9. The molecule has 5 aromatic rings. The summed E-state index contributed by atoms with van der Waals surface area (Å²) in [6, 6.07) is 31.0. The summed E-state index contributed by atoms with van der Waals surface area (Å²) in [5, 5.41) is 15.8. The zero-order valence-corrected chi connectivity index (χ0v) is 36.6. The SMILES string of the molecule is CN(C)C(=O)COc1ccc(Oc2cc(N3CCN(Cc4ccccc4-c4ccc(Cl)cc4)CC3)ccc2C(=O)NS(=O)(=O)c2ccc(NCC3CCOCC3)c([N+](=O)[O-])c2)cc1. The molecule has 2 N–H and O–H groups in total. The van der Waals surface area contributed by atoms with Crippen LogP contribution in [0.4, 0.5) is 17.1 Å². The molecule has 2 amide bonds. The van der Waals surface area contributed by atoms with Gasteiger partial charge >= 0.3 is 0 Å². The Bertz CT molecular complexity index is 2530. The van der Waals surface area contributed by atoms with E-state index in [1.807, 2.05) is 36.4 Å². The van der Waals surface area contributed by atoms with Gasteiger partial charge in [-0.1, -0.05) is 48.0 Å². The summed E-state index contributed by atoms with van der Waals surface area (Å²) in [7, 11) is -1.33. The maximum absolute atomic E-state index is 13.9. The van der Waals surface area contributed by atoms with Crippen molar-refractivity contribution in [3.05, 3.63) is 135 Å². The van der Waals surface area contributed by atoms with Crippen molar-refractivity contribution in [3.63, 3.8) is 0 Å². The minimum atomic E-state index is -4.59. The maximum atomic E-state index is 13.9. The Kier molecular flexibility index (Phi) is 14.5. The minimum Gasteiger partial charge on any atom is -0.484 e. The topological polar surface area (TPSA) is 173 Å². The lowest BCUT2D eigenvalue weighted by molar-refractivity contribution is -0.384. The zero-order valence-electron chi connectivity index (χ0n) is 35.0. The molecule has 0 radical (unpaired) electrons. The molecule has 2 heterocycles. The Labute approximate surface area is 371 Å². The van der Waals surface area contributed by atoms with E-state index in [0.29, 0.717) is 49.4 Å². The molecule has 63 heavy (non-hydrogen) atoms. The van der Waals surface area contributed by atoms with Crippen LogP contribution in [0.1, 0.15) is 28.8 Å². The third-order valence-electron chi connectivity index (χ3n) is 11.1. The normalized spacial score (nSPS) is 14.7. The predicted octanol–water partition coefficient (Wildman–Crippen LogP) is 7.45. The molecule has 7 rings (SSSR count). The fourth-order valence-electron chi connectivity index (χ4n) is 7.38. The van der Waals surface area contributed by atoms with Crippen LogP contribution < -0.4 is 24.4 Å². The van der Waals surface area contributed by atoms with Crippen molar-refractivity contribution >= 4 is 50.5 Å². The third-order valence-corrected chi connectivity index (χ3v) is 12.6. The first-order valence-electron chi connectivity index (χ1n) is 20.6. The van der Waals surface area contributed by atoms with Crippen molar-refractivity contribution in [1.29, 1.82) is 0 Å². The zero-order chi connectivity index (χ0) is 44.5. The number of amides is 2. The fraction of sp³-hybridized carbons (Fsp3) is 0.304. The summed E-state index contributed by atoms with van der Waals surface area (Å²) in [5.41, 5.74) is 3.84. The van der Waals surface area contributed by atoms with Gasteiger partial charge in [0.2, 0.25) is 0 Å². The van der Waals surface area contributed by atoms with Crippen molar-refractivity contribution in [2.75, 3.05) is 76.9 Å². The quantitative estimate of drug-likeness (QED) is 0.0741. The number of nitro benzene ring substituents is 1. The van der Waals surface area contributed by atoms with Crippen LogP contribution in [0, 0.1) is 16.0 Å². The Morgan fingerprint density at radius 2 is 1.59 bits per heavy atom. The number of carbonyl (C=O) groups is 2. The summed E-state index contributed by atoms with van der Waals surface area (Å²) in [5.74, 6) is -0.133. The first-order chi connectivity index (χ1) is 30.3. The van der Waals surface area contributed by atoms with Crippen LogP contribution in [-0.2, 0) is 26.1 Å². The molecule has 0 saturated carbocycles. The highest BCUT2D eigenvalue weighted by molar-refractivity contribution is 7.90. The minimum absolute atomic E-state index is 0.0783. The molecular weight excluding hydrogens is 848 g/mol. The van der Waals surface area contributed by atoms with Crippen LogP contribution in [0.5, 0.6) is 17.2 Å². The van der Waals surface area contributed by atoms with E-state index >= 15 is 0 Å². The Hall–Kier alpha value is -6.20. The first kappa shape index (κ1) is 44.8.